The molecular weight excluding hydrogens is 225 g/mol. The largest absolute Gasteiger partial charge is 0.374 e. The summed E-state index contributed by atoms with van der Waals surface area (Å²) >= 11 is 5.72. The molecule has 0 N–H and O–H groups in total. The van der Waals surface area contributed by atoms with Crippen LogP contribution in [0.5, 0.6) is 0 Å². The van der Waals surface area contributed by atoms with Crippen molar-refractivity contribution in [2.75, 3.05) is 18.5 Å². The van der Waals surface area contributed by atoms with Gasteiger partial charge in [0.15, 0.2) is 0 Å². The number of nitrogens with zero attached hydrogens (tertiary/aromatic N) is 1. The molecule has 0 aliphatic heterocycles. The molecule has 0 saturated heterocycles. The van der Waals surface area contributed by atoms with Crippen LogP contribution >= 0.6 is 11.6 Å². The van der Waals surface area contributed by atoms with Crippen molar-refractivity contribution in [3.63, 3.8) is 0 Å². The Bertz CT molecular complexity index is 339. The number of hydrogen-bond donors (Lipinski definition) is 0. The number of alkyl halides is 1. The second-order valence-corrected chi connectivity index (χ2v) is 4.82. The van der Waals surface area contributed by atoms with E-state index in [1.807, 2.05) is 13.1 Å². The van der Waals surface area contributed by atoms with Gasteiger partial charge in [0.2, 0.25) is 0 Å². The summed E-state index contributed by atoms with van der Waals surface area (Å²) in [6.45, 7) is 5.30. The Kier molecular flexibility index (Phi) is 5.07. The van der Waals surface area contributed by atoms with Gasteiger partial charge in [-0.1, -0.05) is 13.8 Å². The molecule has 0 radical (unpaired) electrons. The quantitative estimate of drug-likeness (QED) is 0.706. The lowest BCUT2D eigenvalue weighted by molar-refractivity contribution is 0.583. The van der Waals surface area contributed by atoms with Crippen LogP contribution in [0.3, 0.4) is 0 Å². The van der Waals surface area contributed by atoms with Gasteiger partial charge in [-0.05, 0) is 36.1 Å². The first-order chi connectivity index (χ1) is 7.52. The highest BCUT2D eigenvalue weighted by atomic mass is 35.5. The smallest absolute Gasteiger partial charge is 0.125 e. The summed E-state index contributed by atoms with van der Waals surface area (Å²) in [5.74, 6) is 0.788. The molecule has 1 aromatic rings. The van der Waals surface area contributed by atoms with Crippen LogP contribution in [0.1, 0.15) is 25.8 Å². The minimum atomic E-state index is -0.218. The van der Waals surface area contributed by atoms with E-state index in [0.29, 0.717) is 11.8 Å². The fourth-order valence-corrected chi connectivity index (χ4v) is 1.67. The van der Waals surface area contributed by atoms with E-state index >= 15 is 0 Å². The normalized spacial score (nSPS) is 10.9. The predicted octanol–water partition coefficient (Wildman–Crippen LogP) is 4.05. The summed E-state index contributed by atoms with van der Waals surface area (Å²) in [5.41, 5.74) is 1.73. The van der Waals surface area contributed by atoms with Crippen molar-refractivity contribution < 1.29 is 4.39 Å². The van der Waals surface area contributed by atoms with Crippen LogP contribution in [0.25, 0.3) is 0 Å². The fraction of sp³-hybridized carbons (Fsp3) is 0.538. The minimum Gasteiger partial charge on any atom is -0.374 e. The third kappa shape index (κ3) is 4.01. The number of hydrogen-bond acceptors (Lipinski definition) is 1. The minimum absolute atomic E-state index is 0.218. The van der Waals surface area contributed by atoms with Crippen LogP contribution in [0.4, 0.5) is 10.1 Å². The fourth-order valence-electron chi connectivity index (χ4n) is 1.51. The van der Waals surface area contributed by atoms with E-state index in [4.69, 9.17) is 11.6 Å². The lowest BCUT2D eigenvalue weighted by atomic mass is 10.1. The van der Waals surface area contributed by atoms with Crippen LogP contribution in [-0.4, -0.2) is 13.6 Å². The molecule has 90 valence electrons. The van der Waals surface area contributed by atoms with Gasteiger partial charge in [-0.2, -0.15) is 0 Å². The summed E-state index contributed by atoms with van der Waals surface area (Å²) in [5, 5.41) is 0. The molecule has 1 aromatic carbocycles. The van der Waals surface area contributed by atoms with Crippen molar-refractivity contribution in [1.29, 1.82) is 0 Å². The zero-order valence-electron chi connectivity index (χ0n) is 10.1. The van der Waals surface area contributed by atoms with E-state index in [2.05, 4.69) is 18.7 Å². The number of halogens is 2. The van der Waals surface area contributed by atoms with E-state index in [-0.39, 0.29) is 5.82 Å². The van der Waals surface area contributed by atoms with Gasteiger partial charge in [-0.3, -0.25) is 0 Å². The van der Waals surface area contributed by atoms with E-state index in [1.54, 1.807) is 6.07 Å². The van der Waals surface area contributed by atoms with Gasteiger partial charge in [0.1, 0.15) is 5.82 Å². The molecule has 0 spiro atoms. The van der Waals surface area contributed by atoms with E-state index in [9.17, 15) is 4.39 Å². The van der Waals surface area contributed by atoms with E-state index < -0.39 is 0 Å². The zero-order chi connectivity index (χ0) is 12.1. The van der Waals surface area contributed by atoms with Crippen molar-refractivity contribution in [3.05, 3.63) is 29.6 Å². The molecule has 0 aliphatic carbocycles. The first-order valence-corrected chi connectivity index (χ1v) is 6.13. The molecule has 3 heteroatoms. The van der Waals surface area contributed by atoms with E-state index in [0.717, 1.165) is 24.2 Å². The monoisotopic (exact) mass is 243 g/mol. The highest BCUT2D eigenvalue weighted by Gasteiger charge is 2.05. The van der Waals surface area contributed by atoms with Crippen LogP contribution in [0, 0.1) is 11.7 Å². The third-order valence-electron chi connectivity index (χ3n) is 2.58. The van der Waals surface area contributed by atoms with Crippen molar-refractivity contribution in [1.82, 2.24) is 0 Å². The highest BCUT2D eigenvalue weighted by Crippen LogP contribution is 2.19. The van der Waals surface area contributed by atoms with Gasteiger partial charge in [-0.25, -0.2) is 4.39 Å². The van der Waals surface area contributed by atoms with Gasteiger partial charge >= 0.3 is 0 Å². The lowest BCUT2D eigenvalue weighted by Gasteiger charge is -2.21. The third-order valence-corrected chi connectivity index (χ3v) is 2.89. The molecule has 0 heterocycles. The zero-order valence-corrected chi connectivity index (χ0v) is 10.9. The van der Waals surface area contributed by atoms with E-state index in [1.165, 1.54) is 6.07 Å². The van der Waals surface area contributed by atoms with Gasteiger partial charge in [-0.15, -0.1) is 11.6 Å². The Hall–Kier alpha value is -0.760. The number of anilines is 1. The average Bonchev–Trinajstić information content (AvgIpc) is 2.24. The Morgan fingerprint density at radius 2 is 2.00 bits per heavy atom. The molecule has 0 aliphatic rings. The van der Waals surface area contributed by atoms with Crippen molar-refractivity contribution >= 4 is 17.3 Å². The lowest BCUT2D eigenvalue weighted by Crippen LogP contribution is -2.20. The highest BCUT2D eigenvalue weighted by molar-refractivity contribution is 6.17. The molecule has 0 saturated carbocycles. The van der Waals surface area contributed by atoms with Crippen LogP contribution in [0.2, 0.25) is 0 Å². The van der Waals surface area contributed by atoms with Gasteiger partial charge in [0, 0.05) is 25.2 Å². The second-order valence-electron chi connectivity index (χ2n) is 4.56. The Morgan fingerprint density at radius 3 is 2.56 bits per heavy atom. The van der Waals surface area contributed by atoms with Crippen molar-refractivity contribution in [3.8, 4) is 0 Å². The molecule has 0 unspecified atom stereocenters. The summed E-state index contributed by atoms with van der Waals surface area (Å²) in [7, 11) is 1.98. The average molecular weight is 244 g/mol. The standard InChI is InChI=1S/C13H19ClFN/c1-10(2)4-5-16(3)13-7-11(9-14)6-12(15)8-13/h6-8,10H,4-5,9H2,1-3H3. The Balaban J connectivity index is 2.74. The summed E-state index contributed by atoms with van der Waals surface area (Å²) in [4.78, 5) is 2.07. The predicted molar refractivity (Wildman–Crippen MR) is 68.7 cm³/mol. The van der Waals surface area contributed by atoms with Crippen LogP contribution in [-0.2, 0) is 5.88 Å². The molecular formula is C13H19ClFN. The molecule has 1 nitrogen and oxygen atoms in total. The maximum Gasteiger partial charge on any atom is 0.125 e. The van der Waals surface area contributed by atoms with Crippen molar-refractivity contribution in [2.45, 2.75) is 26.1 Å². The number of benzene rings is 1. The molecule has 0 bridgehead atoms. The van der Waals surface area contributed by atoms with Crippen LogP contribution in [0.15, 0.2) is 18.2 Å². The summed E-state index contributed by atoms with van der Waals surface area (Å²) in [6.07, 6.45) is 1.10. The summed E-state index contributed by atoms with van der Waals surface area (Å²) < 4.78 is 13.3. The maximum absolute atomic E-state index is 13.3. The molecule has 0 atom stereocenters. The Labute approximate surface area is 102 Å². The van der Waals surface area contributed by atoms with Crippen LogP contribution < -0.4 is 4.90 Å². The molecule has 0 amide bonds. The summed E-state index contributed by atoms with van der Waals surface area (Å²) in [6, 6.07) is 4.97. The molecule has 0 aromatic heterocycles. The molecule has 1 rings (SSSR count). The first kappa shape index (κ1) is 13.3. The van der Waals surface area contributed by atoms with Gasteiger partial charge in [0.05, 0.1) is 0 Å². The van der Waals surface area contributed by atoms with Gasteiger partial charge in [0.25, 0.3) is 0 Å². The first-order valence-electron chi connectivity index (χ1n) is 5.59. The SMILES string of the molecule is CC(C)CCN(C)c1cc(F)cc(CCl)c1. The second kappa shape index (κ2) is 6.09. The molecule has 0 fully saturated rings. The maximum atomic E-state index is 13.3. The topological polar surface area (TPSA) is 3.24 Å². The van der Waals surface area contributed by atoms with Gasteiger partial charge < -0.3 is 4.90 Å². The molecule has 16 heavy (non-hydrogen) atoms. The Morgan fingerprint density at radius 1 is 1.31 bits per heavy atom. The number of rotatable bonds is 5. The van der Waals surface area contributed by atoms with Crippen molar-refractivity contribution in [2.24, 2.45) is 5.92 Å².